The maximum atomic E-state index is 13.7. The van der Waals surface area contributed by atoms with Gasteiger partial charge in [0, 0.05) is 0 Å². The summed E-state index contributed by atoms with van der Waals surface area (Å²) in [7, 11) is 0. The molecule has 3 rings (SSSR count). The smallest absolute Gasteiger partial charge is 0.339 e. The highest BCUT2D eigenvalue weighted by Crippen LogP contribution is 2.21. The maximum absolute atomic E-state index is 13.7. The molecule has 0 aliphatic rings. The Balaban J connectivity index is 1.74. The number of halogens is 3. The zero-order valence-electron chi connectivity index (χ0n) is 14.1. The summed E-state index contributed by atoms with van der Waals surface area (Å²) in [5.74, 6) is -6.22. The van der Waals surface area contributed by atoms with Gasteiger partial charge in [0.25, 0.3) is 5.91 Å². The van der Waals surface area contributed by atoms with Crippen LogP contribution in [0.4, 0.5) is 18.9 Å². The van der Waals surface area contributed by atoms with E-state index >= 15 is 0 Å². The summed E-state index contributed by atoms with van der Waals surface area (Å²) < 4.78 is 45.0. The summed E-state index contributed by atoms with van der Waals surface area (Å²) in [6.07, 6.45) is -1.29. The number of carbonyl (C=O) groups excluding carboxylic acids is 2. The van der Waals surface area contributed by atoms with Gasteiger partial charge in [0.05, 0.1) is 11.3 Å². The van der Waals surface area contributed by atoms with Crippen LogP contribution in [0.15, 0.2) is 54.6 Å². The zero-order valence-corrected chi connectivity index (χ0v) is 14.1. The second kappa shape index (κ2) is 7.49. The molecular formula is C20H14F3NO3. The number of carbonyl (C=O) groups is 2. The molecule has 4 nitrogen and oxygen atoms in total. The minimum atomic E-state index is -1.70. The van der Waals surface area contributed by atoms with Gasteiger partial charge in [-0.25, -0.2) is 18.0 Å². The van der Waals surface area contributed by atoms with E-state index in [2.05, 4.69) is 5.32 Å². The van der Waals surface area contributed by atoms with E-state index in [1.165, 1.54) is 6.92 Å². The van der Waals surface area contributed by atoms with Crippen molar-refractivity contribution in [2.75, 3.05) is 5.32 Å². The van der Waals surface area contributed by atoms with Crippen LogP contribution >= 0.6 is 0 Å². The lowest BCUT2D eigenvalue weighted by Crippen LogP contribution is -2.30. The van der Waals surface area contributed by atoms with Gasteiger partial charge in [-0.15, -0.1) is 0 Å². The second-order valence-electron chi connectivity index (χ2n) is 5.79. The molecule has 0 fully saturated rings. The fourth-order valence-corrected chi connectivity index (χ4v) is 2.54. The van der Waals surface area contributed by atoms with E-state index in [4.69, 9.17) is 4.74 Å². The molecule has 138 valence electrons. The standard InChI is InChI=1S/C20H14F3NO3/c1-11(19(25)24-16-10-9-15(21)17(22)18(16)23)27-20(26)14-8-4-6-12-5-2-3-7-13(12)14/h2-11H,1H3,(H,24,25)/t11-/m0/s1. The van der Waals surface area contributed by atoms with Gasteiger partial charge in [0.2, 0.25) is 0 Å². The van der Waals surface area contributed by atoms with Gasteiger partial charge < -0.3 is 10.1 Å². The van der Waals surface area contributed by atoms with E-state index in [9.17, 15) is 22.8 Å². The molecule has 0 aliphatic carbocycles. The summed E-state index contributed by atoms with van der Waals surface area (Å²) in [5, 5.41) is 3.56. The van der Waals surface area contributed by atoms with Crippen LogP contribution in [0.5, 0.6) is 0 Å². The largest absolute Gasteiger partial charge is 0.449 e. The van der Waals surface area contributed by atoms with Crippen LogP contribution in [0.1, 0.15) is 17.3 Å². The molecule has 0 spiro atoms. The molecule has 1 atom stereocenters. The average Bonchev–Trinajstić information content (AvgIpc) is 2.67. The highest BCUT2D eigenvalue weighted by Gasteiger charge is 2.22. The summed E-state index contributed by atoms with van der Waals surface area (Å²) in [5.41, 5.74) is -0.279. The predicted octanol–water partition coefficient (Wildman–Crippen LogP) is 4.44. The van der Waals surface area contributed by atoms with Crippen molar-refractivity contribution in [3.8, 4) is 0 Å². The number of ether oxygens (including phenoxy) is 1. The first-order valence-corrected chi connectivity index (χ1v) is 8.01. The van der Waals surface area contributed by atoms with Crippen LogP contribution in [0.2, 0.25) is 0 Å². The summed E-state index contributed by atoms with van der Waals surface area (Å²) in [6, 6.07) is 13.8. The lowest BCUT2D eigenvalue weighted by Gasteiger charge is -2.15. The van der Waals surface area contributed by atoms with Crippen LogP contribution in [0, 0.1) is 17.5 Å². The van der Waals surface area contributed by atoms with Crippen molar-refractivity contribution in [3.05, 3.63) is 77.6 Å². The van der Waals surface area contributed by atoms with Crippen LogP contribution in [0.3, 0.4) is 0 Å². The van der Waals surface area contributed by atoms with E-state index in [0.29, 0.717) is 11.5 Å². The molecule has 0 aliphatic heterocycles. The first kappa shape index (κ1) is 18.4. The van der Waals surface area contributed by atoms with Crippen LogP contribution < -0.4 is 5.32 Å². The number of fused-ring (bicyclic) bond motifs is 1. The molecule has 0 unspecified atom stereocenters. The van der Waals surface area contributed by atoms with Crippen LogP contribution in [-0.2, 0) is 9.53 Å². The van der Waals surface area contributed by atoms with Crippen LogP contribution in [-0.4, -0.2) is 18.0 Å². The van der Waals surface area contributed by atoms with Crippen LogP contribution in [0.25, 0.3) is 10.8 Å². The topological polar surface area (TPSA) is 55.4 Å². The zero-order chi connectivity index (χ0) is 19.6. The SMILES string of the molecule is C[C@H](OC(=O)c1cccc2ccccc12)C(=O)Nc1ccc(F)c(F)c1F. The van der Waals surface area contributed by atoms with Crippen molar-refractivity contribution in [2.45, 2.75) is 13.0 Å². The van der Waals surface area contributed by atoms with Crippen molar-refractivity contribution in [1.82, 2.24) is 0 Å². The molecule has 1 amide bonds. The van der Waals surface area contributed by atoms with Gasteiger partial charge in [0.15, 0.2) is 23.6 Å². The van der Waals surface area contributed by atoms with E-state index in [0.717, 1.165) is 11.5 Å². The van der Waals surface area contributed by atoms with Gasteiger partial charge in [0.1, 0.15) is 0 Å². The number of hydrogen-bond acceptors (Lipinski definition) is 3. The number of hydrogen-bond donors (Lipinski definition) is 1. The Morgan fingerprint density at radius 2 is 1.63 bits per heavy atom. The Hall–Kier alpha value is -3.35. The molecule has 0 heterocycles. The third-order valence-electron chi connectivity index (χ3n) is 3.96. The molecule has 0 radical (unpaired) electrons. The molecule has 0 bridgehead atoms. The average molecular weight is 373 g/mol. The van der Waals surface area contributed by atoms with E-state index in [-0.39, 0.29) is 5.56 Å². The third kappa shape index (κ3) is 3.76. The summed E-state index contributed by atoms with van der Waals surface area (Å²) in [6.45, 7) is 1.29. The first-order chi connectivity index (χ1) is 12.9. The number of nitrogens with one attached hydrogen (secondary N) is 1. The Morgan fingerprint density at radius 1 is 0.926 bits per heavy atom. The quantitative estimate of drug-likeness (QED) is 0.543. The highest BCUT2D eigenvalue weighted by molar-refractivity contribution is 6.05. The minimum Gasteiger partial charge on any atom is -0.449 e. The third-order valence-corrected chi connectivity index (χ3v) is 3.96. The van der Waals surface area contributed by atoms with Gasteiger partial charge in [-0.3, -0.25) is 4.79 Å². The molecule has 1 N–H and O–H groups in total. The van der Waals surface area contributed by atoms with Gasteiger partial charge in [-0.2, -0.15) is 0 Å². The second-order valence-corrected chi connectivity index (χ2v) is 5.79. The predicted molar refractivity (Wildman–Crippen MR) is 93.8 cm³/mol. The maximum Gasteiger partial charge on any atom is 0.339 e. The summed E-state index contributed by atoms with van der Waals surface area (Å²) >= 11 is 0. The fourth-order valence-electron chi connectivity index (χ4n) is 2.54. The minimum absolute atomic E-state index is 0.270. The normalized spacial score (nSPS) is 11.9. The number of amides is 1. The Kier molecular flexibility index (Phi) is 5.12. The Labute approximate surface area is 152 Å². The van der Waals surface area contributed by atoms with Gasteiger partial charge in [-0.05, 0) is 35.9 Å². The van der Waals surface area contributed by atoms with Gasteiger partial charge >= 0.3 is 5.97 Å². The first-order valence-electron chi connectivity index (χ1n) is 8.01. The lowest BCUT2D eigenvalue weighted by molar-refractivity contribution is -0.123. The Bertz CT molecular complexity index is 1030. The molecule has 3 aromatic carbocycles. The highest BCUT2D eigenvalue weighted by atomic mass is 19.2. The number of benzene rings is 3. The number of rotatable bonds is 4. The molecule has 3 aromatic rings. The molecule has 0 saturated carbocycles. The van der Waals surface area contributed by atoms with Crippen molar-refractivity contribution in [3.63, 3.8) is 0 Å². The molecular weight excluding hydrogens is 359 g/mol. The van der Waals surface area contributed by atoms with Crippen molar-refractivity contribution < 1.29 is 27.5 Å². The number of esters is 1. The molecule has 0 aromatic heterocycles. The monoisotopic (exact) mass is 373 g/mol. The fraction of sp³-hybridized carbons (Fsp3) is 0.100. The molecule has 0 saturated heterocycles. The van der Waals surface area contributed by atoms with Crippen molar-refractivity contribution in [2.24, 2.45) is 0 Å². The van der Waals surface area contributed by atoms with Crippen molar-refractivity contribution >= 4 is 28.3 Å². The molecule has 27 heavy (non-hydrogen) atoms. The van der Waals surface area contributed by atoms with E-state index in [1.54, 1.807) is 24.3 Å². The number of anilines is 1. The van der Waals surface area contributed by atoms with Crippen molar-refractivity contribution in [1.29, 1.82) is 0 Å². The lowest BCUT2D eigenvalue weighted by atomic mass is 10.0. The van der Waals surface area contributed by atoms with E-state index in [1.807, 2.05) is 18.2 Å². The van der Waals surface area contributed by atoms with Gasteiger partial charge in [-0.1, -0.05) is 36.4 Å². The molecule has 7 heteroatoms. The van der Waals surface area contributed by atoms with E-state index < -0.39 is 41.1 Å². The summed E-state index contributed by atoms with van der Waals surface area (Å²) in [4.78, 5) is 24.5. The Morgan fingerprint density at radius 3 is 2.41 bits per heavy atom.